The van der Waals surface area contributed by atoms with Crippen LogP contribution in [0.4, 0.5) is 11.4 Å². The van der Waals surface area contributed by atoms with Gasteiger partial charge in [-0.25, -0.2) is 4.79 Å². The third-order valence-electron chi connectivity index (χ3n) is 4.74. The molecule has 0 atom stereocenters. The first kappa shape index (κ1) is 15.5. The summed E-state index contributed by atoms with van der Waals surface area (Å²) in [5, 5.41) is 3.93. The molecular formula is C20H20ClNO2. The van der Waals surface area contributed by atoms with Gasteiger partial charge in [0.05, 0.1) is 23.4 Å². The minimum absolute atomic E-state index is 0.379. The molecule has 3 nitrogen and oxygen atoms in total. The largest absolute Gasteiger partial charge is 0.465 e. The summed E-state index contributed by atoms with van der Waals surface area (Å²) in [6.45, 7) is 0. The van der Waals surface area contributed by atoms with Crippen molar-refractivity contribution in [3.63, 3.8) is 0 Å². The van der Waals surface area contributed by atoms with Crippen LogP contribution in [0, 0.1) is 0 Å². The lowest BCUT2D eigenvalue weighted by Crippen LogP contribution is -2.02. The molecular weight excluding hydrogens is 322 g/mol. The van der Waals surface area contributed by atoms with Crippen LogP contribution in [0.1, 0.15) is 59.0 Å². The second-order valence-corrected chi connectivity index (χ2v) is 7.16. The number of carbonyl (C=O) groups is 1. The molecule has 0 aliphatic heterocycles. The number of rotatable bonds is 5. The monoisotopic (exact) mass is 341 g/mol. The van der Waals surface area contributed by atoms with Crippen LogP contribution in [-0.4, -0.2) is 13.1 Å². The van der Waals surface area contributed by atoms with Crippen molar-refractivity contribution >= 4 is 28.9 Å². The Balaban J connectivity index is 1.61. The summed E-state index contributed by atoms with van der Waals surface area (Å²) >= 11 is 6.34. The average Bonchev–Trinajstić information content (AvgIpc) is 3.48. The molecule has 0 saturated heterocycles. The molecule has 0 unspecified atom stereocenters. The van der Waals surface area contributed by atoms with Gasteiger partial charge in [-0.2, -0.15) is 0 Å². The predicted octanol–water partition coefficient (Wildman–Crippen LogP) is 5.63. The number of hydrogen-bond acceptors (Lipinski definition) is 3. The highest BCUT2D eigenvalue weighted by atomic mass is 35.5. The van der Waals surface area contributed by atoms with Crippen LogP contribution < -0.4 is 5.32 Å². The number of esters is 1. The van der Waals surface area contributed by atoms with Gasteiger partial charge in [-0.1, -0.05) is 17.7 Å². The normalized spacial score (nSPS) is 16.8. The summed E-state index contributed by atoms with van der Waals surface area (Å²) in [5.41, 5.74) is 5.21. The quantitative estimate of drug-likeness (QED) is 0.717. The van der Waals surface area contributed by atoms with Crippen molar-refractivity contribution in [1.29, 1.82) is 0 Å². The van der Waals surface area contributed by atoms with Gasteiger partial charge in [0, 0.05) is 5.69 Å². The molecule has 2 saturated carbocycles. The maximum absolute atomic E-state index is 11.6. The molecule has 0 bridgehead atoms. The number of methoxy groups -OCH3 is 1. The molecule has 0 spiro atoms. The van der Waals surface area contributed by atoms with E-state index in [1.807, 2.05) is 6.07 Å². The minimum atomic E-state index is -0.379. The van der Waals surface area contributed by atoms with Crippen molar-refractivity contribution in [3.8, 4) is 0 Å². The summed E-state index contributed by atoms with van der Waals surface area (Å²) in [6, 6.07) is 12.0. The summed E-state index contributed by atoms with van der Waals surface area (Å²) in [4.78, 5) is 11.6. The molecule has 4 heteroatoms. The lowest BCUT2D eigenvalue weighted by atomic mass is 10.0. The molecule has 1 N–H and O–H groups in total. The number of ether oxygens (including phenoxy) is 1. The molecule has 2 aromatic carbocycles. The fourth-order valence-corrected chi connectivity index (χ4v) is 3.30. The van der Waals surface area contributed by atoms with Gasteiger partial charge in [-0.05, 0) is 79.0 Å². The second kappa shape index (κ2) is 6.14. The Morgan fingerprint density at radius 3 is 2.17 bits per heavy atom. The smallest absolute Gasteiger partial charge is 0.337 e. The van der Waals surface area contributed by atoms with Gasteiger partial charge in [-0.3, -0.25) is 0 Å². The van der Waals surface area contributed by atoms with Gasteiger partial charge in [0.1, 0.15) is 0 Å². The van der Waals surface area contributed by atoms with Gasteiger partial charge in [-0.15, -0.1) is 0 Å². The van der Waals surface area contributed by atoms with Gasteiger partial charge in [0.25, 0.3) is 0 Å². The Kier molecular flexibility index (Phi) is 3.97. The summed E-state index contributed by atoms with van der Waals surface area (Å²) < 4.78 is 4.73. The van der Waals surface area contributed by atoms with Crippen molar-refractivity contribution in [2.24, 2.45) is 0 Å². The van der Waals surface area contributed by atoms with E-state index in [0.717, 1.165) is 23.2 Å². The van der Waals surface area contributed by atoms with E-state index in [1.165, 1.54) is 43.9 Å². The van der Waals surface area contributed by atoms with E-state index < -0.39 is 0 Å². The zero-order valence-electron chi connectivity index (χ0n) is 13.6. The number of halogens is 1. The Morgan fingerprint density at radius 2 is 1.67 bits per heavy atom. The first-order valence-corrected chi connectivity index (χ1v) is 8.81. The van der Waals surface area contributed by atoms with E-state index in [9.17, 15) is 4.79 Å². The van der Waals surface area contributed by atoms with E-state index >= 15 is 0 Å². The van der Waals surface area contributed by atoms with Gasteiger partial charge in [0.15, 0.2) is 0 Å². The molecule has 0 heterocycles. The van der Waals surface area contributed by atoms with Crippen molar-refractivity contribution < 1.29 is 9.53 Å². The van der Waals surface area contributed by atoms with E-state index in [0.29, 0.717) is 10.6 Å². The van der Waals surface area contributed by atoms with Crippen LogP contribution in [0.2, 0.25) is 5.02 Å². The Labute approximate surface area is 147 Å². The lowest BCUT2D eigenvalue weighted by Gasteiger charge is -2.13. The summed E-state index contributed by atoms with van der Waals surface area (Å²) in [6.07, 6.45) is 5.18. The highest BCUT2D eigenvalue weighted by molar-refractivity contribution is 6.33. The SMILES string of the molecule is COC(=O)c1ccc(Nc2cc(C3CC3)cc(C3CC3)c2)c(Cl)c1. The predicted molar refractivity (Wildman–Crippen MR) is 96.5 cm³/mol. The number of carbonyl (C=O) groups excluding carboxylic acids is 1. The van der Waals surface area contributed by atoms with Crippen LogP contribution in [0.5, 0.6) is 0 Å². The number of benzene rings is 2. The molecule has 0 amide bonds. The van der Waals surface area contributed by atoms with Crippen LogP contribution in [0.25, 0.3) is 0 Å². The van der Waals surface area contributed by atoms with E-state index in [2.05, 4.69) is 23.5 Å². The van der Waals surface area contributed by atoms with Crippen LogP contribution in [0.15, 0.2) is 36.4 Å². The van der Waals surface area contributed by atoms with E-state index in [-0.39, 0.29) is 5.97 Å². The summed E-state index contributed by atoms with van der Waals surface area (Å²) in [5.74, 6) is 1.07. The van der Waals surface area contributed by atoms with E-state index in [1.54, 1.807) is 12.1 Å². The third-order valence-corrected chi connectivity index (χ3v) is 5.06. The van der Waals surface area contributed by atoms with Gasteiger partial charge < -0.3 is 10.1 Å². The molecule has 4 rings (SSSR count). The molecule has 2 aromatic rings. The van der Waals surface area contributed by atoms with Crippen LogP contribution in [-0.2, 0) is 4.74 Å². The zero-order valence-corrected chi connectivity index (χ0v) is 14.4. The Bertz CT molecular complexity index is 764. The molecule has 2 aliphatic carbocycles. The van der Waals surface area contributed by atoms with Gasteiger partial charge in [0.2, 0.25) is 0 Å². The van der Waals surface area contributed by atoms with Crippen molar-refractivity contribution in [2.45, 2.75) is 37.5 Å². The average molecular weight is 342 g/mol. The molecule has 2 aliphatic rings. The van der Waals surface area contributed by atoms with Crippen molar-refractivity contribution in [1.82, 2.24) is 0 Å². The lowest BCUT2D eigenvalue weighted by molar-refractivity contribution is 0.0601. The number of anilines is 2. The number of hydrogen-bond donors (Lipinski definition) is 1. The first-order chi connectivity index (χ1) is 11.6. The fourth-order valence-electron chi connectivity index (χ4n) is 3.07. The summed E-state index contributed by atoms with van der Waals surface area (Å²) in [7, 11) is 1.37. The Hall–Kier alpha value is -2.00. The van der Waals surface area contributed by atoms with E-state index in [4.69, 9.17) is 16.3 Å². The molecule has 124 valence electrons. The first-order valence-electron chi connectivity index (χ1n) is 8.44. The molecule has 0 aromatic heterocycles. The van der Waals surface area contributed by atoms with Crippen LogP contribution in [0.3, 0.4) is 0 Å². The maximum atomic E-state index is 11.6. The Morgan fingerprint density at radius 1 is 1.04 bits per heavy atom. The molecule has 2 fully saturated rings. The fraction of sp³-hybridized carbons (Fsp3) is 0.350. The van der Waals surface area contributed by atoms with Crippen molar-refractivity contribution in [2.75, 3.05) is 12.4 Å². The van der Waals surface area contributed by atoms with Crippen LogP contribution >= 0.6 is 11.6 Å². The van der Waals surface area contributed by atoms with Gasteiger partial charge >= 0.3 is 5.97 Å². The second-order valence-electron chi connectivity index (χ2n) is 6.75. The highest BCUT2D eigenvalue weighted by Gasteiger charge is 2.28. The molecule has 24 heavy (non-hydrogen) atoms. The topological polar surface area (TPSA) is 38.3 Å². The zero-order chi connectivity index (χ0) is 16.7. The van der Waals surface area contributed by atoms with Crippen molar-refractivity contribution in [3.05, 3.63) is 58.1 Å². The maximum Gasteiger partial charge on any atom is 0.337 e. The third kappa shape index (κ3) is 3.27. The standard InChI is InChI=1S/C20H20ClNO2/c1-24-20(23)14-6-7-19(18(21)11-14)22-17-9-15(12-2-3-12)8-16(10-17)13-4-5-13/h6-13,22H,2-5H2,1H3. The molecule has 0 radical (unpaired) electrons. The highest BCUT2D eigenvalue weighted by Crippen LogP contribution is 2.46. The number of nitrogens with one attached hydrogen (secondary N) is 1. The minimum Gasteiger partial charge on any atom is -0.465 e.